The van der Waals surface area contributed by atoms with E-state index in [0.717, 1.165) is 30.9 Å². The lowest BCUT2D eigenvalue weighted by atomic mass is 10.3. The first-order valence-corrected chi connectivity index (χ1v) is 6.59. The Labute approximate surface area is 111 Å². The summed E-state index contributed by atoms with van der Waals surface area (Å²) in [7, 11) is 0. The molecule has 1 heterocycles. The van der Waals surface area contributed by atoms with Gasteiger partial charge in [0.05, 0.1) is 6.54 Å². The molecule has 3 rings (SSSR count). The minimum absolute atomic E-state index is 0.228. The Morgan fingerprint density at radius 2 is 2.05 bits per heavy atom. The maximum absolute atomic E-state index is 12.9. The number of anilines is 1. The lowest BCUT2D eigenvalue weighted by Gasteiger charge is -2.20. The van der Waals surface area contributed by atoms with E-state index >= 15 is 0 Å². The molecule has 100 valence electrons. The predicted octanol–water partition coefficient (Wildman–Crippen LogP) is 3.11. The van der Waals surface area contributed by atoms with Gasteiger partial charge < -0.3 is 9.42 Å². The second-order valence-corrected chi connectivity index (χ2v) is 4.81. The highest BCUT2D eigenvalue weighted by Crippen LogP contribution is 2.38. The molecule has 4 nitrogen and oxygen atoms in total. The zero-order chi connectivity index (χ0) is 13.2. The predicted molar refractivity (Wildman–Crippen MR) is 69.4 cm³/mol. The largest absolute Gasteiger partial charge is 0.362 e. The number of rotatable bonds is 5. The molecule has 0 unspecified atom stereocenters. The topological polar surface area (TPSA) is 42.2 Å². The Hall–Kier alpha value is -1.91. The highest BCUT2D eigenvalue weighted by Gasteiger charge is 2.28. The number of nitrogens with zero attached hydrogens (tertiary/aromatic N) is 3. The minimum atomic E-state index is -0.228. The first kappa shape index (κ1) is 12.1. The molecule has 0 amide bonds. The van der Waals surface area contributed by atoms with E-state index in [1.165, 1.54) is 12.1 Å². The van der Waals surface area contributed by atoms with Crippen molar-refractivity contribution in [3.05, 3.63) is 41.8 Å². The molecule has 0 bridgehead atoms. The van der Waals surface area contributed by atoms with Crippen LogP contribution in [0.1, 0.15) is 37.4 Å². The first-order valence-electron chi connectivity index (χ1n) is 6.59. The van der Waals surface area contributed by atoms with Gasteiger partial charge in [-0.3, -0.25) is 0 Å². The Morgan fingerprint density at radius 1 is 1.32 bits per heavy atom. The molecule has 19 heavy (non-hydrogen) atoms. The number of hydrogen-bond donors (Lipinski definition) is 0. The van der Waals surface area contributed by atoms with Crippen LogP contribution in [0.2, 0.25) is 0 Å². The SMILES string of the molecule is CCN(Cc1nc(C2CC2)no1)c1ccc(F)cc1. The number of hydrogen-bond acceptors (Lipinski definition) is 4. The van der Waals surface area contributed by atoms with Crippen molar-refractivity contribution in [1.29, 1.82) is 0 Å². The van der Waals surface area contributed by atoms with E-state index in [2.05, 4.69) is 15.0 Å². The molecule has 1 fully saturated rings. The Balaban J connectivity index is 1.72. The van der Waals surface area contributed by atoms with Crippen LogP contribution in [-0.4, -0.2) is 16.7 Å². The van der Waals surface area contributed by atoms with Crippen molar-refractivity contribution >= 4 is 5.69 Å². The fourth-order valence-corrected chi connectivity index (χ4v) is 2.04. The number of aromatic nitrogens is 2. The van der Waals surface area contributed by atoms with Gasteiger partial charge in [0, 0.05) is 18.2 Å². The van der Waals surface area contributed by atoms with E-state index in [-0.39, 0.29) is 5.82 Å². The fraction of sp³-hybridized carbons (Fsp3) is 0.429. The van der Waals surface area contributed by atoms with Crippen LogP contribution in [-0.2, 0) is 6.54 Å². The highest BCUT2D eigenvalue weighted by molar-refractivity contribution is 5.46. The van der Waals surface area contributed by atoms with Gasteiger partial charge in [-0.05, 0) is 44.0 Å². The van der Waals surface area contributed by atoms with Gasteiger partial charge in [0.1, 0.15) is 5.82 Å². The van der Waals surface area contributed by atoms with Crippen molar-refractivity contribution in [2.45, 2.75) is 32.2 Å². The van der Waals surface area contributed by atoms with E-state index < -0.39 is 0 Å². The molecule has 0 radical (unpaired) electrons. The van der Waals surface area contributed by atoms with Crippen molar-refractivity contribution in [2.75, 3.05) is 11.4 Å². The van der Waals surface area contributed by atoms with Crippen LogP contribution in [0.4, 0.5) is 10.1 Å². The summed E-state index contributed by atoms with van der Waals surface area (Å²) >= 11 is 0. The van der Waals surface area contributed by atoms with Gasteiger partial charge in [0.2, 0.25) is 5.89 Å². The normalized spacial score (nSPS) is 14.6. The van der Waals surface area contributed by atoms with Gasteiger partial charge in [-0.15, -0.1) is 0 Å². The zero-order valence-electron chi connectivity index (χ0n) is 10.8. The average Bonchev–Trinajstić information content (AvgIpc) is 3.17. The molecule has 1 aliphatic carbocycles. The van der Waals surface area contributed by atoms with Gasteiger partial charge in [-0.25, -0.2) is 4.39 Å². The molecule has 0 aliphatic heterocycles. The standard InChI is InChI=1S/C14H16FN3O/c1-2-18(12-7-5-11(15)6-8-12)9-13-16-14(17-19-13)10-3-4-10/h5-8,10H,2-4,9H2,1H3. The molecule has 1 aromatic carbocycles. The zero-order valence-corrected chi connectivity index (χ0v) is 10.8. The van der Waals surface area contributed by atoms with E-state index in [1.54, 1.807) is 12.1 Å². The van der Waals surface area contributed by atoms with Crippen molar-refractivity contribution in [3.63, 3.8) is 0 Å². The van der Waals surface area contributed by atoms with Crippen molar-refractivity contribution in [1.82, 2.24) is 10.1 Å². The molecule has 5 heteroatoms. The molecule has 1 aromatic heterocycles. The van der Waals surface area contributed by atoms with E-state index in [4.69, 9.17) is 4.52 Å². The van der Waals surface area contributed by atoms with Crippen LogP contribution in [0.15, 0.2) is 28.8 Å². The van der Waals surface area contributed by atoms with Crippen LogP contribution in [0.3, 0.4) is 0 Å². The van der Waals surface area contributed by atoms with Gasteiger partial charge in [-0.2, -0.15) is 4.98 Å². The average molecular weight is 261 g/mol. The Morgan fingerprint density at radius 3 is 2.68 bits per heavy atom. The van der Waals surface area contributed by atoms with Crippen LogP contribution in [0.5, 0.6) is 0 Å². The summed E-state index contributed by atoms with van der Waals surface area (Å²) in [5.41, 5.74) is 0.954. The van der Waals surface area contributed by atoms with Crippen LogP contribution in [0, 0.1) is 5.82 Å². The van der Waals surface area contributed by atoms with E-state index in [9.17, 15) is 4.39 Å². The molecular weight excluding hydrogens is 245 g/mol. The summed E-state index contributed by atoms with van der Waals surface area (Å²) in [6.07, 6.45) is 2.32. The molecular formula is C14H16FN3O. The molecule has 0 N–H and O–H groups in total. The van der Waals surface area contributed by atoms with Crippen LogP contribution >= 0.6 is 0 Å². The van der Waals surface area contributed by atoms with Crippen LogP contribution < -0.4 is 4.90 Å². The highest BCUT2D eigenvalue weighted by atomic mass is 19.1. The lowest BCUT2D eigenvalue weighted by molar-refractivity contribution is 0.371. The molecule has 2 aromatic rings. The van der Waals surface area contributed by atoms with Crippen LogP contribution in [0.25, 0.3) is 0 Å². The van der Waals surface area contributed by atoms with Gasteiger partial charge in [0.25, 0.3) is 0 Å². The molecule has 0 spiro atoms. The second kappa shape index (κ2) is 4.99. The Bertz CT molecular complexity index is 548. The smallest absolute Gasteiger partial charge is 0.246 e. The number of halogens is 1. The van der Waals surface area contributed by atoms with E-state index in [0.29, 0.717) is 18.4 Å². The quantitative estimate of drug-likeness (QED) is 0.829. The monoisotopic (exact) mass is 261 g/mol. The van der Waals surface area contributed by atoms with E-state index in [1.807, 2.05) is 6.92 Å². The van der Waals surface area contributed by atoms with Crippen molar-refractivity contribution in [3.8, 4) is 0 Å². The first-order chi connectivity index (χ1) is 9.26. The van der Waals surface area contributed by atoms with Gasteiger partial charge in [0.15, 0.2) is 5.82 Å². The summed E-state index contributed by atoms with van der Waals surface area (Å²) in [5.74, 6) is 1.71. The van der Waals surface area contributed by atoms with Crippen molar-refractivity contribution in [2.24, 2.45) is 0 Å². The lowest BCUT2D eigenvalue weighted by Crippen LogP contribution is -2.22. The molecule has 0 saturated heterocycles. The second-order valence-electron chi connectivity index (χ2n) is 4.81. The Kier molecular flexibility index (Phi) is 3.19. The summed E-state index contributed by atoms with van der Waals surface area (Å²) < 4.78 is 18.2. The summed E-state index contributed by atoms with van der Waals surface area (Å²) in [4.78, 5) is 6.48. The maximum Gasteiger partial charge on any atom is 0.246 e. The van der Waals surface area contributed by atoms with Crippen molar-refractivity contribution < 1.29 is 8.91 Å². The summed E-state index contributed by atoms with van der Waals surface area (Å²) in [6.45, 7) is 3.40. The van der Waals surface area contributed by atoms with Gasteiger partial charge >= 0.3 is 0 Å². The fourth-order valence-electron chi connectivity index (χ4n) is 2.04. The molecule has 1 aliphatic rings. The third-order valence-corrected chi connectivity index (χ3v) is 3.33. The summed E-state index contributed by atoms with van der Waals surface area (Å²) in [6, 6.07) is 6.44. The molecule has 0 atom stereocenters. The maximum atomic E-state index is 12.9. The summed E-state index contributed by atoms with van der Waals surface area (Å²) in [5, 5.41) is 4.00. The molecule has 1 saturated carbocycles. The van der Waals surface area contributed by atoms with Gasteiger partial charge in [-0.1, -0.05) is 5.16 Å². The minimum Gasteiger partial charge on any atom is -0.362 e. The third-order valence-electron chi connectivity index (χ3n) is 3.33. The number of benzene rings is 1. The third kappa shape index (κ3) is 2.75.